The molecule has 1 aromatic rings. The fourth-order valence-electron chi connectivity index (χ4n) is 3.31. The summed E-state index contributed by atoms with van der Waals surface area (Å²) in [4.78, 5) is 26.7. The molecular weight excluding hydrogens is 320 g/mol. The van der Waals surface area contributed by atoms with Crippen LogP contribution in [-0.4, -0.2) is 55.2 Å². The van der Waals surface area contributed by atoms with Gasteiger partial charge in [0.1, 0.15) is 0 Å². The quantitative estimate of drug-likeness (QED) is 0.909. The van der Waals surface area contributed by atoms with Gasteiger partial charge in [0.2, 0.25) is 5.91 Å². The average Bonchev–Trinajstić information content (AvgIpc) is 2.62. The highest BCUT2D eigenvalue weighted by molar-refractivity contribution is 5.97. The highest BCUT2D eigenvalue weighted by atomic mass is 16.5. The Morgan fingerprint density at radius 1 is 1.28 bits per heavy atom. The zero-order chi connectivity index (χ0) is 17.6. The van der Waals surface area contributed by atoms with E-state index in [1.54, 1.807) is 24.3 Å². The summed E-state index contributed by atoms with van der Waals surface area (Å²) in [5.41, 5.74) is 1.23. The monoisotopic (exact) mass is 346 g/mol. The molecule has 0 aliphatic carbocycles. The van der Waals surface area contributed by atoms with E-state index >= 15 is 0 Å². The molecule has 136 valence electrons. The number of ether oxygens (including phenoxy) is 2. The first-order valence-corrected chi connectivity index (χ1v) is 9.04. The number of hydrogen-bond acceptors (Lipinski definition) is 4. The van der Waals surface area contributed by atoms with Gasteiger partial charge in [0.05, 0.1) is 31.8 Å². The molecular formula is C19H26N2O4. The van der Waals surface area contributed by atoms with Crippen molar-refractivity contribution in [2.45, 2.75) is 44.8 Å². The number of anilines is 1. The Balaban J connectivity index is 1.60. The summed E-state index contributed by atoms with van der Waals surface area (Å²) in [6, 6.07) is 7.18. The van der Waals surface area contributed by atoms with E-state index in [1.165, 1.54) is 0 Å². The summed E-state index contributed by atoms with van der Waals surface area (Å²) in [7, 11) is 0. The van der Waals surface area contributed by atoms with Crippen molar-refractivity contribution in [3.05, 3.63) is 29.8 Å². The Morgan fingerprint density at radius 2 is 2.16 bits per heavy atom. The predicted molar refractivity (Wildman–Crippen MR) is 94.6 cm³/mol. The molecule has 2 unspecified atom stereocenters. The molecule has 3 rings (SSSR count). The van der Waals surface area contributed by atoms with Gasteiger partial charge in [-0.25, -0.2) is 0 Å². The van der Waals surface area contributed by atoms with Gasteiger partial charge in [-0.3, -0.25) is 9.59 Å². The van der Waals surface area contributed by atoms with Crippen LogP contribution < -0.4 is 5.32 Å². The van der Waals surface area contributed by atoms with Crippen LogP contribution in [-0.2, 0) is 14.3 Å². The van der Waals surface area contributed by atoms with Crippen LogP contribution in [0.3, 0.4) is 0 Å². The normalized spacial score (nSPS) is 24.0. The highest BCUT2D eigenvalue weighted by Crippen LogP contribution is 2.19. The summed E-state index contributed by atoms with van der Waals surface area (Å²) < 4.78 is 11.0. The number of amides is 2. The minimum absolute atomic E-state index is 0.00719. The molecule has 2 fully saturated rings. The topological polar surface area (TPSA) is 67.9 Å². The Kier molecular flexibility index (Phi) is 6.04. The van der Waals surface area contributed by atoms with Gasteiger partial charge >= 0.3 is 0 Å². The maximum absolute atomic E-state index is 12.7. The second-order valence-electron chi connectivity index (χ2n) is 6.74. The van der Waals surface area contributed by atoms with Crippen LogP contribution in [0.5, 0.6) is 0 Å². The maximum Gasteiger partial charge on any atom is 0.254 e. The summed E-state index contributed by atoms with van der Waals surface area (Å²) in [6.45, 7) is 4.43. The molecule has 2 aliphatic heterocycles. The van der Waals surface area contributed by atoms with Crippen molar-refractivity contribution in [3.63, 3.8) is 0 Å². The van der Waals surface area contributed by atoms with Gasteiger partial charge in [-0.05, 0) is 44.4 Å². The van der Waals surface area contributed by atoms with E-state index in [1.807, 2.05) is 11.8 Å². The first-order valence-electron chi connectivity index (χ1n) is 9.04. The maximum atomic E-state index is 12.7. The number of nitrogens with one attached hydrogen (secondary N) is 1. The van der Waals surface area contributed by atoms with Gasteiger partial charge in [0, 0.05) is 24.4 Å². The van der Waals surface area contributed by atoms with Crippen molar-refractivity contribution in [1.29, 1.82) is 0 Å². The number of benzene rings is 1. The SMILES string of the molecule is CC1COCCN1C(=O)c1cccc(NC(=O)CC2CCCCO2)c1. The number of hydrogen-bond donors (Lipinski definition) is 1. The number of carbonyl (C=O) groups is 2. The van der Waals surface area contributed by atoms with Crippen LogP contribution in [0, 0.1) is 0 Å². The van der Waals surface area contributed by atoms with Crippen LogP contribution >= 0.6 is 0 Å². The zero-order valence-electron chi connectivity index (χ0n) is 14.7. The minimum Gasteiger partial charge on any atom is -0.378 e. The molecule has 1 N–H and O–H groups in total. The largest absolute Gasteiger partial charge is 0.378 e. The van der Waals surface area contributed by atoms with E-state index < -0.39 is 0 Å². The molecule has 0 aromatic heterocycles. The molecule has 1 aromatic carbocycles. The molecule has 2 heterocycles. The number of carbonyl (C=O) groups excluding carboxylic acids is 2. The second kappa shape index (κ2) is 8.45. The van der Waals surface area contributed by atoms with Crippen LogP contribution in [0.15, 0.2) is 24.3 Å². The van der Waals surface area contributed by atoms with E-state index in [9.17, 15) is 9.59 Å². The standard InChI is InChI=1S/C19H26N2O4/c1-14-13-24-10-8-21(14)19(23)15-5-4-6-16(11-15)20-18(22)12-17-7-2-3-9-25-17/h4-6,11,14,17H,2-3,7-10,12-13H2,1H3,(H,20,22). The van der Waals surface area contributed by atoms with Gasteiger partial charge in [-0.1, -0.05) is 6.07 Å². The summed E-state index contributed by atoms with van der Waals surface area (Å²) in [5, 5.41) is 2.88. The molecule has 2 aliphatic rings. The van der Waals surface area contributed by atoms with Gasteiger partial charge < -0.3 is 19.7 Å². The third kappa shape index (κ3) is 4.80. The summed E-state index contributed by atoms with van der Waals surface area (Å²) in [5.74, 6) is -0.0984. The van der Waals surface area contributed by atoms with Crippen LogP contribution in [0.4, 0.5) is 5.69 Å². The third-order valence-electron chi connectivity index (χ3n) is 4.71. The summed E-state index contributed by atoms with van der Waals surface area (Å²) in [6.07, 6.45) is 3.48. The van der Waals surface area contributed by atoms with E-state index in [0.717, 1.165) is 25.9 Å². The minimum atomic E-state index is -0.0729. The van der Waals surface area contributed by atoms with Crippen molar-refractivity contribution in [2.75, 3.05) is 31.7 Å². The fourth-order valence-corrected chi connectivity index (χ4v) is 3.31. The zero-order valence-corrected chi connectivity index (χ0v) is 14.7. The number of nitrogens with zero attached hydrogens (tertiary/aromatic N) is 1. The lowest BCUT2D eigenvalue weighted by Crippen LogP contribution is -2.47. The molecule has 2 atom stereocenters. The average molecular weight is 346 g/mol. The Bertz CT molecular complexity index is 613. The van der Waals surface area contributed by atoms with E-state index in [-0.39, 0.29) is 24.0 Å². The molecule has 2 saturated heterocycles. The Morgan fingerprint density at radius 3 is 2.92 bits per heavy atom. The van der Waals surface area contributed by atoms with Gasteiger partial charge in [0.25, 0.3) is 5.91 Å². The van der Waals surface area contributed by atoms with Crippen LogP contribution in [0.1, 0.15) is 43.0 Å². The molecule has 25 heavy (non-hydrogen) atoms. The van der Waals surface area contributed by atoms with Gasteiger partial charge in [0.15, 0.2) is 0 Å². The highest BCUT2D eigenvalue weighted by Gasteiger charge is 2.25. The predicted octanol–water partition coefficient (Wildman–Crippen LogP) is 2.45. The summed E-state index contributed by atoms with van der Waals surface area (Å²) >= 11 is 0. The Hall–Kier alpha value is -1.92. The number of rotatable bonds is 4. The lowest BCUT2D eigenvalue weighted by atomic mass is 10.1. The van der Waals surface area contributed by atoms with Crippen molar-refractivity contribution >= 4 is 17.5 Å². The molecule has 0 spiro atoms. The molecule has 0 saturated carbocycles. The molecule has 6 heteroatoms. The van der Waals surface area contributed by atoms with E-state index in [4.69, 9.17) is 9.47 Å². The van der Waals surface area contributed by atoms with E-state index in [0.29, 0.717) is 37.4 Å². The first kappa shape index (κ1) is 17.9. The van der Waals surface area contributed by atoms with Crippen LogP contribution in [0.25, 0.3) is 0 Å². The fraction of sp³-hybridized carbons (Fsp3) is 0.579. The first-order chi connectivity index (χ1) is 12.1. The van der Waals surface area contributed by atoms with E-state index in [2.05, 4.69) is 5.32 Å². The molecule has 0 radical (unpaired) electrons. The van der Waals surface area contributed by atoms with Crippen molar-refractivity contribution in [1.82, 2.24) is 4.90 Å². The Labute approximate surface area is 148 Å². The lowest BCUT2D eigenvalue weighted by Gasteiger charge is -2.33. The smallest absolute Gasteiger partial charge is 0.254 e. The molecule has 2 amide bonds. The van der Waals surface area contributed by atoms with Crippen molar-refractivity contribution in [2.24, 2.45) is 0 Å². The second-order valence-corrected chi connectivity index (χ2v) is 6.74. The molecule has 0 bridgehead atoms. The number of morpholine rings is 1. The van der Waals surface area contributed by atoms with Gasteiger partial charge in [-0.2, -0.15) is 0 Å². The molecule has 6 nitrogen and oxygen atoms in total. The van der Waals surface area contributed by atoms with Crippen LogP contribution in [0.2, 0.25) is 0 Å². The van der Waals surface area contributed by atoms with Crippen molar-refractivity contribution in [3.8, 4) is 0 Å². The third-order valence-corrected chi connectivity index (χ3v) is 4.71. The van der Waals surface area contributed by atoms with Gasteiger partial charge in [-0.15, -0.1) is 0 Å². The van der Waals surface area contributed by atoms with Crippen molar-refractivity contribution < 1.29 is 19.1 Å². The lowest BCUT2D eigenvalue weighted by molar-refractivity contribution is -0.119.